The van der Waals surface area contributed by atoms with Gasteiger partial charge in [0.1, 0.15) is 24.1 Å². The SMILES string of the molecule is C[C@@H]1CC(=O)N[C@@H]1CCCCCC(=O)NCCOCCOCCOCCOCCOCCOCCOCCOCCOCCOCCOCCOCCC(=O)NCCCc1cn([C@@H]2O[C@H](CO)C(O)[C@@H]2O)c(=O)nc1N. The molecule has 1 unspecified atom stereocenters. The fraction of sp³-hybridized carbons (Fsp3) is 0.860. The lowest BCUT2D eigenvalue weighted by molar-refractivity contribution is -0.122. The third-order valence-corrected chi connectivity index (χ3v) is 11.9. The van der Waals surface area contributed by atoms with Crippen molar-refractivity contribution in [3.63, 3.8) is 0 Å². The number of aromatic nitrogens is 2. The van der Waals surface area contributed by atoms with E-state index in [4.69, 9.17) is 67.3 Å². The summed E-state index contributed by atoms with van der Waals surface area (Å²) >= 11 is 0. The molecule has 0 aliphatic carbocycles. The number of carbonyl (C=O) groups is 3. The smallest absolute Gasteiger partial charge is 0.351 e. The number of nitrogen functional groups attached to an aromatic ring is 1. The minimum absolute atomic E-state index is 0.0178. The highest BCUT2D eigenvalue weighted by Gasteiger charge is 2.44. The van der Waals surface area contributed by atoms with Crippen molar-refractivity contribution in [2.24, 2.45) is 5.92 Å². The van der Waals surface area contributed by atoms with E-state index in [9.17, 15) is 34.5 Å². The molecule has 2 aliphatic heterocycles. The lowest BCUT2D eigenvalue weighted by Gasteiger charge is -2.18. The van der Waals surface area contributed by atoms with Crippen molar-refractivity contribution in [2.45, 2.75) is 95.3 Å². The zero-order valence-electron chi connectivity index (χ0n) is 44.8. The number of nitrogens with two attached hydrogens (primary N) is 1. The average Bonchev–Trinajstić information content (AvgIpc) is 3.90. The normalized spacial score (nSPS) is 19.4. The summed E-state index contributed by atoms with van der Waals surface area (Å²) in [5.41, 5.74) is 5.65. The van der Waals surface area contributed by atoms with Crippen LogP contribution in [0.15, 0.2) is 11.0 Å². The van der Waals surface area contributed by atoms with Crippen molar-refractivity contribution < 1.29 is 91.3 Å². The maximum atomic E-state index is 12.4. The lowest BCUT2D eigenvalue weighted by atomic mass is 9.97. The summed E-state index contributed by atoms with van der Waals surface area (Å²) in [5, 5.41) is 38.3. The molecule has 8 N–H and O–H groups in total. The van der Waals surface area contributed by atoms with Gasteiger partial charge in [0.15, 0.2) is 6.23 Å². The number of amides is 3. The van der Waals surface area contributed by atoms with E-state index >= 15 is 0 Å². The fourth-order valence-corrected chi connectivity index (χ4v) is 7.66. The molecule has 440 valence electrons. The Labute approximate surface area is 446 Å². The molecule has 0 spiro atoms. The van der Waals surface area contributed by atoms with Crippen molar-refractivity contribution >= 4 is 23.5 Å². The first-order valence-electron chi connectivity index (χ1n) is 26.9. The van der Waals surface area contributed by atoms with E-state index in [1.807, 2.05) is 0 Å². The second-order valence-electron chi connectivity index (χ2n) is 17.9. The number of rotatable bonds is 51. The third-order valence-electron chi connectivity index (χ3n) is 11.9. The second-order valence-corrected chi connectivity index (χ2v) is 17.9. The molecule has 3 amide bonds. The summed E-state index contributed by atoms with van der Waals surface area (Å²) in [6.07, 6.45) is 2.33. The predicted molar refractivity (Wildman–Crippen MR) is 274 cm³/mol. The molecule has 0 saturated carbocycles. The lowest BCUT2D eigenvalue weighted by Crippen LogP contribution is -2.36. The number of nitrogens with zero attached hydrogens (tertiary/aromatic N) is 2. The zero-order chi connectivity index (χ0) is 54.7. The van der Waals surface area contributed by atoms with E-state index in [0.29, 0.717) is 202 Å². The third kappa shape index (κ3) is 31.8. The highest BCUT2D eigenvalue weighted by Crippen LogP contribution is 2.29. The molecule has 1 aromatic heterocycles. The van der Waals surface area contributed by atoms with E-state index < -0.39 is 36.8 Å². The largest absolute Gasteiger partial charge is 0.394 e. The van der Waals surface area contributed by atoms with Crippen LogP contribution in [0.2, 0.25) is 0 Å². The number of unbranched alkanes of at least 4 members (excludes halogenated alkanes) is 2. The molecule has 2 saturated heterocycles. The first kappa shape index (κ1) is 66.7. The quantitative estimate of drug-likeness (QED) is 0.0372. The second kappa shape index (κ2) is 44.3. The fourth-order valence-electron chi connectivity index (χ4n) is 7.66. The van der Waals surface area contributed by atoms with Crippen LogP contribution in [0.1, 0.15) is 70.1 Å². The Bertz CT molecular complexity index is 1700. The van der Waals surface area contributed by atoms with Gasteiger partial charge in [-0.25, -0.2) is 4.79 Å². The van der Waals surface area contributed by atoms with Crippen molar-refractivity contribution in [3.8, 4) is 0 Å². The van der Waals surface area contributed by atoms with E-state index in [2.05, 4.69) is 27.9 Å². The molecular formula is C50H90N6O20. The number of hydrogen-bond donors (Lipinski definition) is 7. The molecule has 2 aliphatic rings. The summed E-state index contributed by atoms with van der Waals surface area (Å²) in [6.45, 7) is 12.7. The van der Waals surface area contributed by atoms with Gasteiger partial charge in [-0.15, -0.1) is 0 Å². The Kier molecular flexibility index (Phi) is 38.9. The molecule has 26 nitrogen and oxygen atoms in total. The highest BCUT2D eigenvalue weighted by atomic mass is 16.6. The Hall–Kier alpha value is -3.55. The number of anilines is 1. The van der Waals surface area contributed by atoms with Crippen molar-refractivity contribution in [1.29, 1.82) is 0 Å². The van der Waals surface area contributed by atoms with Crippen molar-refractivity contribution in [3.05, 3.63) is 22.2 Å². The van der Waals surface area contributed by atoms with Crippen LogP contribution in [0.25, 0.3) is 0 Å². The molecule has 2 fully saturated rings. The van der Waals surface area contributed by atoms with E-state index in [1.54, 1.807) is 0 Å². The highest BCUT2D eigenvalue weighted by molar-refractivity contribution is 5.79. The van der Waals surface area contributed by atoms with Crippen LogP contribution in [0.5, 0.6) is 0 Å². The van der Waals surface area contributed by atoms with Crippen LogP contribution >= 0.6 is 0 Å². The van der Waals surface area contributed by atoms with Crippen LogP contribution < -0.4 is 27.4 Å². The first-order chi connectivity index (χ1) is 37.1. The van der Waals surface area contributed by atoms with Gasteiger partial charge in [-0.1, -0.05) is 19.8 Å². The Morgan fingerprint density at radius 3 is 1.49 bits per heavy atom. The van der Waals surface area contributed by atoms with Gasteiger partial charge in [-0.05, 0) is 31.6 Å². The van der Waals surface area contributed by atoms with E-state index in [1.165, 1.54) is 6.20 Å². The Morgan fingerprint density at radius 1 is 0.618 bits per heavy atom. The number of aliphatic hydroxyl groups excluding tert-OH is 3. The number of hydrogen-bond acceptors (Lipinski definition) is 22. The van der Waals surface area contributed by atoms with Crippen LogP contribution in [0.4, 0.5) is 5.82 Å². The average molecular weight is 1100 g/mol. The Morgan fingerprint density at radius 2 is 1.05 bits per heavy atom. The van der Waals surface area contributed by atoms with Gasteiger partial charge in [0.05, 0.1) is 165 Å². The maximum Gasteiger partial charge on any atom is 0.351 e. The summed E-state index contributed by atoms with van der Waals surface area (Å²) in [5.74, 6) is 0.410. The minimum atomic E-state index is -1.43. The van der Waals surface area contributed by atoms with Crippen molar-refractivity contribution in [2.75, 3.05) is 184 Å². The van der Waals surface area contributed by atoms with Crippen LogP contribution in [0, 0.1) is 5.92 Å². The minimum Gasteiger partial charge on any atom is -0.394 e. The number of aryl methyl sites for hydroxylation is 1. The molecule has 6 atom stereocenters. The zero-order valence-corrected chi connectivity index (χ0v) is 44.8. The van der Waals surface area contributed by atoms with Gasteiger partial charge in [-0.3, -0.25) is 19.0 Å². The van der Waals surface area contributed by atoms with E-state index in [-0.39, 0.29) is 42.6 Å². The molecule has 0 bridgehead atoms. The Balaban J connectivity index is 0.919. The molecule has 0 aromatic carbocycles. The number of nitrogens with one attached hydrogen (secondary N) is 3. The van der Waals surface area contributed by atoms with Crippen LogP contribution in [-0.2, 0) is 82.4 Å². The van der Waals surface area contributed by atoms with Crippen LogP contribution in [0.3, 0.4) is 0 Å². The number of carbonyl (C=O) groups excluding carboxylic acids is 3. The first-order valence-corrected chi connectivity index (χ1v) is 26.9. The van der Waals surface area contributed by atoms with Gasteiger partial charge in [0.2, 0.25) is 17.7 Å². The van der Waals surface area contributed by atoms with E-state index in [0.717, 1.165) is 30.3 Å². The van der Waals surface area contributed by atoms with Crippen molar-refractivity contribution in [1.82, 2.24) is 25.5 Å². The molecule has 76 heavy (non-hydrogen) atoms. The van der Waals surface area contributed by atoms with Gasteiger partial charge in [0.25, 0.3) is 0 Å². The summed E-state index contributed by atoms with van der Waals surface area (Å²) < 4.78 is 72.5. The van der Waals surface area contributed by atoms with Gasteiger partial charge >= 0.3 is 5.69 Å². The standard InChI is InChI=1S/C50H90N6O20/c1-39-36-45(60)54-41(39)7-3-2-4-8-43(58)53-11-13-65-15-17-67-19-21-69-23-25-71-27-29-73-31-33-75-35-34-74-32-30-72-28-26-70-24-22-68-20-18-66-16-14-64-12-9-44(59)52-10-5-6-40-37-56(50(63)55-48(40)51)49-47(62)46(61)42(38-57)76-49/h37,39,41-42,46-47,49,57,61-62H,2-36,38H2,1H3,(H,52,59)(H,53,58)(H,54,60)(H2,51,55,63)/t39-,41-,42-,46?,47+,49-/m1/s1. The summed E-state index contributed by atoms with van der Waals surface area (Å²) in [7, 11) is 0. The molecular weight excluding hydrogens is 1000 g/mol. The summed E-state index contributed by atoms with van der Waals surface area (Å²) in [6, 6.07) is 0.279. The van der Waals surface area contributed by atoms with Gasteiger partial charge < -0.3 is 98.6 Å². The van der Waals surface area contributed by atoms with Gasteiger partial charge in [0, 0.05) is 50.2 Å². The molecule has 3 heterocycles. The van der Waals surface area contributed by atoms with Crippen LogP contribution in [-0.4, -0.2) is 245 Å². The maximum absolute atomic E-state index is 12.4. The summed E-state index contributed by atoms with van der Waals surface area (Å²) in [4.78, 5) is 51.8. The molecule has 1 aromatic rings. The molecule has 0 radical (unpaired) electrons. The molecule has 3 rings (SSSR count). The number of aliphatic hydroxyl groups is 3. The van der Waals surface area contributed by atoms with Gasteiger partial charge in [-0.2, -0.15) is 4.98 Å². The predicted octanol–water partition coefficient (Wildman–Crippen LogP) is -1.33. The topological polar surface area (TPSA) is 329 Å². The molecule has 26 heteroatoms. The number of ether oxygens (including phenoxy) is 13. The monoisotopic (exact) mass is 1090 g/mol.